The largest absolute Gasteiger partial charge is 0.497 e. The standard InChI is InChI=1S/C12H13N3O5/c1-8(16)12(9(2)17)13-14(15(18)19)10-4-6-11(20-3)7-5-10/h4-7H,1-3H3. The van der Waals surface area contributed by atoms with Crippen molar-refractivity contribution in [2.45, 2.75) is 13.8 Å². The minimum atomic E-state index is -0.826. The fourth-order valence-corrected chi connectivity index (χ4v) is 1.39. The van der Waals surface area contributed by atoms with E-state index in [0.717, 1.165) is 13.8 Å². The highest BCUT2D eigenvalue weighted by Crippen LogP contribution is 2.19. The fourth-order valence-electron chi connectivity index (χ4n) is 1.39. The molecule has 1 aromatic carbocycles. The molecule has 0 radical (unpaired) electrons. The topological polar surface area (TPSA) is 102 Å². The minimum absolute atomic E-state index is 0.0933. The molecule has 1 rings (SSSR count). The lowest BCUT2D eigenvalue weighted by Crippen LogP contribution is -2.30. The Labute approximate surface area is 114 Å². The van der Waals surface area contributed by atoms with Gasteiger partial charge in [0.05, 0.1) is 17.2 Å². The molecule has 0 bridgehead atoms. The van der Waals surface area contributed by atoms with Gasteiger partial charge in [-0.05, 0) is 24.3 Å². The van der Waals surface area contributed by atoms with E-state index < -0.39 is 22.3 Å². The van der Waals surface area contributed by atoms with Crippen molar-refractivity contribution in [1.82, 2.24) is 0 Å². The number of nitro groups is 1. The van der Waals surface area contributed by atoms with Crippen LogP contribution in [0.15, 0.2) is 29.4 Å². The molecule has 0 aliphatic rings. The molecule has 0 aliphatic carbocycles. The highest BCUT2D eigenvalue weighted by molar-refractivity contribution is 6.65. The van der Waals surface area contributed by atoms with Gasteiger partial charge in [-0.1, -0.05) is 0 Å². The molecule has 0 fully saturated rings. The molecule has 0 N–H and O–H groups in total. The normalized spacial score (nSPS) is 9.55. The maximum atomic E-state index is 11.3. The van der Waals surface area contributed by atoms with Crippen molar-refractivity contribution < 1.29 is 19.4 Å². The van der Waals surface area contributed by atoms with Gasteiger partial charge in [0.1, 0.15) is 11.4 Å². The van der Waals surface area contributed by atoms with E-state index >= 15 is 0 Å². The van der Waals surface area contributed by atoms with E-state index in [1.54, 1.807) is 0 Å². The summed E-state index contributed by atoms with van der Waals surface area (Å²) in [7, 11) is 1.46. The van der Waals surface area contributed by atoms with Crippen LogP contribution in [0.1, 0.15) is 13.8 Å². The molecule has 1 aromatic rings. The van der Waals surface area contributed by atoms with Gasteiger partial charge in [-0.15, -0.1) is 0 Å². The van der Waals surface area contributed by atoms with Crippen LogP contribution in [-0.2, 0) is 9.59 Å². The third-order valence-electron chi connectivity index (χ3n) is 2.32. The Bertz CT molecular complexity index is 549. The molecule has 0 spiro atoms. The molecular formula is C12H13N3O5. The van der Waals surface area contributed by atoms with E-state index in [1.165, 1.54) is 31.4 Å². The van der Waals surface area contributed by atoms with Crippen LogP contribution in [0.4, 0.5) is 5.69 Å². The summed E-state index contributed by atoms with van der Waals surface area (Å²) >= 11 is 0. The Morgan fingerprint density at radius 2 is 1.70 bits per heavy atom. The molecule has 0 unspecified atom stereocenters. The number of hydrazine groups is 1. The van der Waals surface area contributed by atoms with Crippen molar-refractivity contribution in [1.29, 1.82) is 0 Å². The van der Waals surface area contributed by atoms with E-state index in [-0.39, 0.29) is 5.69 Å². The number of hydrazone groups is 1. The Kier molecular flexibility index (Phi) is 4.90. The zero-order valence-electron chi connectivity index (χ0n) is 11.2. The SMILES string of the molecule is COc1ccc(N(N=C(C(C)=O)C(C)=O)[N+](=O)[O-])cc1. The van der Waals surface area contributed by atoms with Crippen molar-refractivity contribution in [2.24, 2.45) is 5.10 Å². The summed E-state index contributed by atoms with van der Waals surface area (Å²) in [4.78, 5) is 33.5. The van der Waals surface area contributed by atoms with Crippen molar-refractivity contribution in [3.05, 3.63) is 34.4 Å². The highest BCUT2D eigenvalue weighted by atomic mass is 16.7. The second-order valence-corrected chi connectivity index (χ2v) is 3.79. The number of ketones is 2. The zero-order valence-corrected chi connectivity index (χ0v) is 11.2. The summed E-state index contributed by atoms with van der Waals surface area (Å²) in [6.45, 7) is 2.23. The summed E-state index contributed by atoms with van der Waals surface area (Å²) in [6.07, 6.45) is 0. The zero-order chi connectivity index (χ0) is 15.3. The number of carbonyl (C=O) groups excluding carboxylic acids is 2. The lowest BCUT2D eigenvalue weighted by atomic mass is 10.2. The van der Waals surface area contributed by atoms with Crippen molar-refractivity contribution in [3.63, 3.8) is 0 Å². The first-order valence-corrected chi connectivity index (χ1v) is 5.55. The van der Waals surface area contributed by atoms with Gasteiger partial charge >= 0.3 is 0 Å². The van der Waals surface area contributed by atoms with Crippen molar-refractivity contribution in [3.8, 4) is 5.75 Å². The fraction of sp³-hybridized carbons (Fsp3) is 0.250. The smallest absolute Gasteiger partial charge is 0.286 e. The summed E-state index contributed by atoms with van der Waals surface area (Å²) in [6, 6.07) is 5.79. The van der Waals surface area contributed by atoms with Gasteiger partial charge in [-0.25, -0.2) is 0 Å². The molecule has 0 amide bonds. The Morgan fingerprint density at radius 1 is 1.20 bits per heavy atom. The maximum absolute atomic E-state index is 11.3. The van der Waals surface area contributed by atoms with Crippen LogP contribution < -0.4 is 9.85 Å². The number of ether oxygens (including phenoxy) is 1. The third kappa shape index (κ3) is 3.61. The van der Waals surface area contributed by atoms with Gasteiger partial charge < -0.3 is 14.9 Å². The summed E-state index contributed by atoms with van der Waals surface area (Å²) < 4.78 is 4.93. The van der Waals surface area contributed by atoms with Crippen LogP contribution in [0.5, 0.6) is 5.75 Å². The lowest BCUT2D eigenvalue weighted by Gasteiger charge is -2.09. The molecule has 0 saturated carbocycles. The van der Waals surface area contributed by atoms with Crippen LogP contribution >= 0.6 is 0 Å². The molecule has 106 valence electrons. The number of methoxy groups -OCH3 is 1. The van der Waals surface area contributed by atoms with Gasteiger partial charge in [-0.3, -0.25) is 9.59 Å². The molecule has 20 heavy (non-hydrogen) atoms. The van der Waals surface area contributed by atoms with Gasteiger partial charge in [-0.2, -0.15) is 0 Å². The number of anilines is 1. The molecule has 8 nitrogen and oxygen atoms in total. The number of benzene rings is 1. The molecule has 0 saturated heterocycles. The van der Waals surface area contributed by atoms with Crippen LogP contribution in [0.3, 0.4) is 0 Å². The first kappa shape index (κ1) is 15.3. The van der Waals surface area contributed by atoms with E-state index in [1.807, 2.05) is 0 Å². The third-order valence-corrected chi connectivity index (χ3v) is 2.32. The van der Waals surface area contributed by atoms with Gasteiger partial charge in [0.25, 0.3) is 5.71 Å². The number of nitrogens with zero attached hydrogens (tertiary/aromatic N) is 3. The van der Waals surface area contributed by atoms with Gasteiger partial charge in [0, 0.05) is 19.0 Å². The van der Waals surface area contributed by atoms with E-state index in [9.17, 15) is 19.7 Å². The molecule has 0 aromatic heterocycles. The number of Topliss-reactive ketones (excluding diaryl/α,β-unsaturated/α-hetero) is 2. The maximum Gasteiger partial charge on any atom is 0.286 e. The summed E-state index contributed by atoms with van der Waals surface area (Å²) in [5.41, 5.74) is -0.395. The van der Waals surface area contributed by atoms with Crippen molar-refractivity contribution in [2.75, 3.05) is 12.2 Å². The minimum Gasteiger partial charge on any atom is -0.497 e. The Hall–Kier alpha value is -2.77. The monoisotopic (exact) mass is 279 g/mol. The van der Waals surface area contributed by atoms with Gasteiger partial charge in [0.2, 0.25) is 11.6 Å². The Morgan fingerprint density at radius 3 is 2.05 bits per heavy atom. The second-order valence-electron chi connectivity index (χ2n) is 3.79. The predicted molar refractivity (Wildman–Crippen MR) is 71.3 cm³/mol. The van der Waals surface area contributed by atoms with E-state index in [4.69, 9.17) is 4.74 Å². The van der Waals surface area contributed by atoms with Crippen LogP contribution in [0.2, 0.25) is 0 Å². The van der Waals surface area contributed by atoms with Gasteiger partial charge in [0.15, 0.2) is 0 Å². The van der Waals surface area contributed by atoms with Crippen molar-refractivity contribution >= 4 is 23.0 Å². The van der Waals surface area contributed by atoms with Crippen LogP contribution in [-0.4, -0.2) is 29.4 Å². The molecule has 0 heterocycles. The average molecular weight is 279 g/mol. The number of rotatable bonds is 6. The van der Waals surface area contributed by atoms with Crippen LogP contribution in [0, 0.1) is 10.1 Å². The highest BCUT2D eigenvalue weighted by Gasteiger charge is 2.25. The lowest BCUT2D eigenvalue weighted by molar-refractivity contribution is -0.495. The molecule has 0 atom stereocenters. The van der Waals surface area contributed by atoms with E-state index in [0.29, 0.717) is 10.9 Å². The number of hydrogen-bond acceptors (Lipinski definition) is 6. The molecule has 0 aliphatic heterocycles. The Balaban J connectivity index is 3.23. The first-order valence-electron chi connectivity index (χ1n) is 5.55. The number of carbonyl (C=O) groups is 2. The summed E-state index contributed by atoms with van der Waals surface area (Å²) in [5.74, 6) is -0.768. The predicted octanol–water partition coefficient (Wildman–Crippen LogP) is 1.23. The quantitative estimate of drug-likeness (QED) is 0.336. The molecular weight excluding hydrogens is 266 g/mol. The summed E-state index contributed by atoms with van der Waals surface area (Å²) in [5, 5.41) is 14.1. The second kappa shape index (κ2) is 6.41. The first-order chi connectivity index (χ1) is 9.36. The number of hydrogen-bond donors (Lipinski definition) is 0. The van der Waals surface area contributed by atoms with E-state index in [2.05, 4.69) is 5.10 Å². The average Bonchev–Trinajstić information content (AvgIpc) is 2.38. The van der Waals surface area contributed by atoms with Crippen LogP contribution in [0.25, 0.3) is 0 Å². The molecule has 8 heteroatoms.